The Morgan fingerprint density at radius 1 is 0.793 bits per heavy atom. The van der Waals surface area contributed by atoms with Crippen LogP contribution in [0.3, 0.4) is 0 Å². The van der Waals surface area contributed by atoms with Crippen LogP contribution < -0.4 is 10.1 Å². The van der Waals surface area contributed by atoms with Crippen LogP contribution in [0.4, 0.5) is 5.69 Å². The molecule has 0 aliphatic carbocycles. The summed E-state index contributed by atoms with van der Waals surface area (Å²) in [6.07, 6.45) is -0.970. The zero-order valence-electron chi connectivity index (χ0n) is 16.4. The zero-order valence-corrected chi connectivity index (χ0v) is 16.4. The molecule has 0 fully saturated rings. The van der Waals surface area contributed by atoms with E-state index in [-0.39, 0.29) is 0 Å². The minimum atomic E-state index is -0.970. The van der Waals surface area contributed by atoms with Crippen LogP contribution in [-0.2, 0) is 14.3 Å². The molecule has 1 N–H and O–H groups in total. The van der Waals surface area contributed by atoms with Crippen molar-refractivity contribution in [3.05, 3.63) is 96.1 Å². The van der Waals surface area contributed by atoms with Crippen molar-refractivity contribution in [1.82, 2.24) is 0 Å². The summed E-state index contributed by atoms with van der Waals surface area (Å²) in [6, 6.07) is 25.8. The second-order valence-corrected chi connectivity index (χ2v) is 6.52. The van der Waals surface area contributed by atoms with E-state index in [0.717, 1.165) is 11.1 Å². The van der Waals surface area contributed by atoms with Crippen molar-refractivity contribution in [2.75, 3.05) is 12.4 Å². The molecule has 0 aliphatic heterocycles. The topological polar surface area (TPSA) is 64.6 Å². The molecule has 0 radical (unpaired) electrons. The quantitative estimate of drug-likeness (QED) is 0.609. The molecule has 1 atom stereocenters. The maximum atomic E-state index is 13.0. The maximum Gasteiger partial charge on any atom is 0.318 e. The number of carbonyl (C=O) groups excluding carboxylic acids is 2. The summed E-state index contributed by atoms with van der Waals surface area (Å²) in [5.41, 5.74) is 2.13. The van der Waals surface area contributed by atoms with Gasteiger partial charge in [0.1, 0.15) is 11.7 Å². The molecule has 148 valence electrons. The fourth-order valence-corrected chi connectivity index (χ4v) is 3.03. The minimum absolute atomic E-state index is 0.428. The summed E-state index contributed by atoms with van der Waals surface area (Å²) in [4.78, 5) is 25.6. The number of rotatable bonds is 7. The average Bonchev–Trinajstić information content (AvgIpc) is 2.75. The lowest BCUT2D eigenvalue weighted by Crippen LogP contribution is -2.32. The van der Waals surface area contributed by atoms with Crippen molar-refractivity contribution >= 4 is 17.6 Å². The molecule has 5 heteroatoms. The van der Waals surface area contributed by atoms with Gasteiger partial charge in [-0.25, -0.2) is 0 Å². The number of esters is 1. The van der Waals surface area contributed by atoms with Gasteiger partial charge >= 0.3 is 5.97 Å². The van der Waals surface area contributed by atoms with Gasteiger partial charge in [-0.3, -0.25) is 9.59 Å². The van der Waals surface area contributed by atoms with Crippen LogP contribution in [0, 0.1) is 0 Å². The van der Waals surface area contributed by atoms with Crippen molar-refractivity contribution in [1.29, 1.82) is 0 Å². The summed E-state index contributed by atoms with van der Waals surface area (Å²) < 4.78 is 10.8. The van der Waals surface area contributed by atoms with Gasteiger partial charge in [0.05, 0.1) is 12.8 Å². The van der Waals surface area contributed by atoms with E-state index in [2.05, 4.69) is 5.32 Å². The Balaban J connectivity index is 1.76. The third kappa shape index (κ3) is 5.02. The molecule has 0 saturated heterocycles. The van der Waals surface area contributed by atoms with Gasteiger partial charge < -0.3 is 14.8 Å². The zero-order chi connectivity index (χ0) is 20.6. The smallest absolute Gasteiger partial charge is 0.318 e. The van der Waals surface area contributed by atoms with E-state index < -0.39 is 23.9 Å². The molecule has 0 heterocycles. The Labute approximate surface area is 170 Å². The normalized spacial score (nSPS) is 11.6. The van der Waals surface area contributed by atoms with E-state index in [1.807, 2.05) is 66.7 Å². The molecule has 0 unspecified atom stereocenters. The fourth-order valence-electron chi connectivity index (χ4n) is 3.03. The second-order valence-electron chi connectivity index (χ2n) is 6.52. The predicted octanol–water partition coefficient (Wildman–Crippen LogP) is 4.40. The lowest BCUT2D eigenvalue weighted by Gasteiger charge is -2.20. The summed E-state index contributed by atoms with van der Waals surface area (Å²) >= 11 is 0. The van der Waals surface area contributed by atoms with Crippen molar-refractivity contribution in [3.63, 3.8) is 0 Å². The number of para-hydroxylation sites is 2. The van der Waals surface area contributed by atoms with Gasteiger partial charge in [0.2, 0.25) is 0 Å². The van der Waals surface area contributed by atoms with E-state index in [4.69, 9.17) is 9.47 Å². The Morgan fingerprint density at radius 2 is 1.31 bits per heavy atom. The average molecular weight is 389 g/mol. The number of benzene rings is 3. The fraction of sp³-hybridized carbons (Fsp3) is 0.167. The van der Waals surface area contributed by atoms with Gasteiger partial charge in [-0.05, 0) is 30.2 Å². The van der Waals surface area contributed by atoms with E-state index in [0.29, 0.717) is 11.4 Å². The highest BCUT2D eigenvalue weighted by Gasteiger charge is 2.28. The number of ether oxygens (including phenoxy) is 2. The van der Waals surface area contributed by atoms with Crippen LogP contribution in [-0.4, -0.2) is 25.1 Å². The maximum absolute atomic E-state index is 13.0. The number of carbonyl (C=O) groups is 2. The van der Waals surface area contributed by atoms with Crippen LogP contribution in [0.1, 0.15) is 24.0 Å². The summed E-state index contributed by atoms with van der Waals surface area (Å²) in [5, 5.41) is 2.74. The van der Waals surface area contributed by atoms with Crippen molar-refractivity contribution < 1.29 is 19.1 Å². The van der Waals surface area contributed by atoms with E-state index in [1.54, 1.807) is 25.1 Å². The summed E-state index contributed by atoms with van der Waals surface area (Å²) in [6.45, 7) is 1.55. The van der Waals surface area contributed by atoms with E-state index in [1.165, 1.54) is 7.11 Å². The summed E-state index contributed by atoms with van der Waals surface area (Å²) in [5.74, 6) is -0.988. The molecule has 0 aromatic heterocycles. The Morgan fingerprint density at radius 3 is 1.86 bits per heavy atom. The van der Waals surface area contributed by atoms with Crippen LogP contribution in [0.5, 0.6) is 5.75 Å². The number of hydrogen-bond acceptors (Lipinski definition) is 4. The SMILES string of the molecule is COc1ccccc1NC(=O)[C@@H](C)OC(=O)C(c1ccccc1)c1ccccc1. The lowest BCUT2D eigenvalue weighted by atomic mass is 9.91. The highest BCUT2D eigenvalue weighted by atomic mass is 16.5. The molecule has 3 aromatic rings. The van der Waals surface area contributed by atoms with E-state index >= 15 is 0 Å². The number of amides is 1. The summed E-state index contributed by atoms with van der Waals surface area (Å²) in [7, 11) is 1.53. The predicted molar refractivity (Wildman–Crippen MR) is 112 cm³/mol. The van der Waals surface area contributed by atoms with Crippen LogP contribution >= 0.6 is 0 Å². The molecule has 5 nitrogen and oxygen atoms in total. The lowest BCUT2D eigenvalue weighted by molar-refractivity contribution is -0.153. The molecular formula is C24H23NO4. The number of methoxy groups -OCH3 is 1. The second kappa shape index (κ2) is 9.55. The Kier molecular flexibility index (Phi) is 6.63. The van der Waals surface area contributed by atoms with Crippen molar-refractivity contribution in [2.24, 2.45) is 0 Å². The monoisotopic (exact) mass is 389 g/mol. The highest BCUT2D eigenvalue weighted by molar-refractivity contribution is 5.96. The molecule has 29 heavy (non-hydrogen) atoms. The number of anilines is 1. The molecule has 0 saturated carbocycles. The van der Waals surface area contributed by atoms with Gasteiger partial charge in [-0.1, -0.05) is 72.8 Å². The van der Waals surface area contributed by atoms with Gasteiger partial charge in [0, 0.05) is 0 Å². The molecular weight excluding hydrogens is 366 g/mol. The third-order valence-electron chi connectivity index (χ3n) is 4.53. The van der Waals surface area contributed by atoms with Gasteiger partial charge in [-0.15, -0.1) is 0 Å². The Hall–Kier alpha value is -3.60. The first-order valence-electron chi connectivity index (χ1n) is 9.34. The standard InChI is InChI=1S/C24H23NO4/c1-17(23(26)25-20-15-9-10-16-21(20)28-2)29-24(27)22(18-11-5-3-6-12-18)19-13-7-4-8-14-19/h3-17,22H,1-2H3,(H,25,26)/t17-/m1/s1. The largest absolute Gasteiger partial charge is 0.495 e. The van der Waals surface area contributed by atoms with Crippen LogP contribution in [0.15, 0.2) is 84.9 Å². The molecule has 0 spiro atoms. The molecule has 1 amide bonds. The number of nitrogens with one attached hydrogen (secondary N) is 1. The van der Waals surface area contributed by atoms with Crippen molar-refractivity contribution in [2.45, 2.75) is 18.9 Å². The minimum Gasteiger partial charge on any atom is -0.495 e. The first kappa shape index (κ1) is 20.1. The van der Waals surface area contributed by atoms with Gasteiger partial charge in [0.15, 0.2) is 6.10 Å². The first-order chi connectivity index (χ1) is 14.1. The molecule has 0 aliphatic rings. The Bertz CT molecular complexity index is 917. The molecule has 0 bridgehead atoms. The van der Waals surface area contributed by atoms with Crippen LogP contribution in [0.2, 0.25) is 0 Å². The first-order valence-corrected chi connectivity index (χ1v) is 9.34. The van der Waals surface area contributed by atoms with Gasteiger partial charge in [0.25, 0.3) is 5.91 Å². The molecule has 3 aromatic carbocycles. The highest BCUT2D eigenvalue weighted by Crippen LogP contribution is 2.27. The third-order valence-corrected chi connectivity index (χ3v) is 4.53. The van der Waals surface area contributed by atoms with Crippen LogP contribution in [0.25, 0.3) is 0 Å². The van der Waals surface area contributed by atoms with Gasteiger partial charge in [-0.2, -0.15) is 0 Å². The number of hydrogen-bond donors (Lipinski definition) is 1. The van der Waals surface area contributed by atoms with Crippen molar-refractivity contribution in [3.8, 4) is 5.75 Å². The van der Waals surface area contributed by atoms with E-state index in [9.17, 15) is 9.59 Å². The molecule has 3 rings (SSSR count).